The van der Waals surface area contributed by atoms with E-state index in [1.807, 2.05) is 6.07 Å². The molecule has 4 rings (SSSR count). The van der Waals surface area contributed by atoms with Gasteiger partial charge in [0.25, 0.3) is 0 Å². The van der Waals surface area contributed by atoms with Crippen molar-refractivity contribution in [1.29, 1.82) is 0 Å². The number of hydrogen-bond donors (Lipinski definition) is 0. The van der Waals surface area contributed by atoms with E-state index in [0.29, 0.717) is 10.0 Å². The van der Waals surface area contributed by atoms with Gasteiger partial charge in [0, 0.05) is 30.1 Å². The number of fused-ring (bicyclic) bond motifs is 2. The second kappa shape index (κ2) is 6.29. The monoisotopic (exact) mass is 353 g/mol. The van der Waals surface area contributed by atoms with Crippen LogP contribution in [0.5, 0.6) is 5.75 Å². The molecule has 1 saturated carbocycles. The predicted octanol–water partition coefficient (Wildman–Crippen LogP) is 4.76. The Labute approximate surface area is 147 Å². The molecule has 1 aliphatic carbocycles. The van der Waals surface area contributed by atoms with Crippen molar-refractivity contribution in [3.05, 3.63) is 33.3 Å². The summed E-state index contributed by atoms with van der Waals surface area (Å²) < 4.78 is 12.2. The van der Waals surface area contributed by atoms with Gasteiger partial charge >= 0.3 is 0 Å². The molecule has 2 aliphatic heterocycles. The third kappa shape index (κ3) is 2.78. The van der Waals surface area contributed by atoms with Crippen LogP contribution in [0.1, 0.15) is 37.7 Å². The van der Waals surface area contributed by atoms with Crippen LogP contribution in [0.25, 0.3) is 6.08 Å². The lowest BCUT2D eigenvalue weighted by Gasteiger charge is -2.48. The SMILES string of the molecule is Clc1cc(Cl)c2c(c1)C=C1CCCCCC1(N1CCOCC1)O2. The first-order valence-corrected chi connectivity index (χ1v) is 9.16. The van der Waals surface area contributed by atoms with Gasteiger partial charge in [-0.05, 0) is 43.0 Å². The standard InChI is InChI=1S/C18H21Cl2NO2/c19-15-11-13-10-14-4-2-1-3-5-18(14,21-6-8-22-9-7-21)23-17(13)16(20)12-15/h10-12H,1-9H2. The zero-order valence-corrected chi connectivity index (χ0v) is 14.6. The molecule has 0 N–H and O–H groups in total. The molecular weight excluding hydrogens is 333 g/mol. The lowest BCUT2D eigenvalue weighted by atomic mass is 9.90. The van der Waals surface area contributed by atoms with E-state index >= 15 is 0 Å². The third-order valence-corrected chi connectivity index (χ3v) is 5.62. The molecule has 124 valence electrons. The molecule has 0 radical (unpaired) electrons. The zero-order valence-electron chi connectivity index (χ0n) is 13.1. The van der Waals surface area contributed by atoms with Gasteiger partial charge < -0.3 is 9.47 Å². The Morgan fingerprint density at radius 3 is 2.70 bits per heavy atom. The minimum Gasteiger partial charge on any atom is -0.466 e. The molecule has 2 fully saturated rings. The Bertz CT molecular complexity index is 640. The normalized spacial score (nSPS) is 28.2. The highest BCUT2D eigenvalue weighted by Crippen LogP contribution is 2.47. The van der Waals surface area contributed by atoms with Crippen LogP contribution in [0.2, 0.25) is 10.0 Å². The number of morpholine rings is 1. The molecule has 23 heavy (non-hydrogen) atoms. The van der Waals surface area contributed by atoms with Crippen molar-refractivity contribution in [2.75, 3.05) is 26.3 Å². The minimum atomic E-state index is -0.356. The predicted molar refractivity (Wildman–Crippen MR) is 93.3 cm³/mol. The molecule has 3 aliphatic rings. The van der Waals surface area contributed by atoms with Gasteiger partial charge in [-0.1, -0.05) is 29.6 Å². The van der Waals surface area contributed by atoms with E-state index in [1.54, 1.807) is 6.07 Å². The van der Waals surface area contributed by atoms with Crippen molar-refractivity contribution in [2.45, 2.75) is 37.8 Å². The van der Waals surface area contributed by atoms with Gasteiger partial charge in [-0.2, -0.15) is 0 Å². The van der Waals surface area contributed by atoms with E-state index in [2.05, 4.69) is 11.0 Å². The fourth-order valence-electron chi connectivity index (χ4n) is 4.02. The molecule has 0 aromatic heterocycles. The fourth-order valence-corrected chi connectivity index (χ4v) is 4.56. The zero-order chi connectivity index (χ0) is 15.9. The van der Waals surface area contributed by atoms with Gasteiger partial charge in [0.1, 0.15) is 5.75 Å². The van der Waals surface area contributed by atoms with E-state index in [0.717, 1.165) is 50.5 Å². The van der Waals surface area contributed by atoms with Crippen LogP contribution in [-0.2, 0) is 4.74 Å². The van der Waals surface area contributed by atoms with Gasteiger partial charge in [-0.3, -0.25) is 4.90 Å². The number of benzene rings is 1. The van der Waals surface area contributed by atoms with Gasteiger partial charge in [-0.25, -0.2) is 0 Å². The number of rotatable bonds is 1. The van der Waals surface area contributed by atoms with Gasteiger partial charge in [0.05, 0.1) is 18.2 Å². The van der Waals surface area contributed by atoms with Crippen molar-refractivity contribution in [1.82, 2.24) is 4.90 Å². The highest BCUT2D eigenvalue weighted by atomic mass is 35.5. The van der Waals surface area contributed by atoms with Crippen LogP contribution in [0, 0.1) is 0 Å². The summed E-state index contributed by atoms with van der Waals surface area (Å²) in [5.74, 6) is 0.771. The number of hydrogen-bond acceptors (Lipinski definition) is 3. The fraction of sp³-hybridized carbons (Fsp3) is 0.556. The van der Waals surface area contributed by atoms with Crippen molar-refractivity contribution < 1.29 is 9.47 Å². The third-order valence-electron chi connectivity index (χ3n) is 5.12. The summed E-state index contributed by atoms with van der Waals surface area (Å²) in [6, 6.07) is 3.72. The second-order valence-corrected chi connectivity index (χ2v) is 7.37. The van der Waals surface area contributed by atoms with Crippen LogP contribution in [0.3, 0.4) is 0 Å². The lowest BCUT2D eigenvalue weighted by Crippen LogP contribution is -2.58. The summed E-state index contributed by atoms with van der Waals surface area (Å²) in [6.45, 7) is 3.33. The molecule has 1 atom stereocenters. The van der Waals surface area contributed by atoms with Crippen LogP contribution in [0.15, 0.2) is 17.7 Å². The van der Waals surface area contributed by atoms with Crippen LogP contribution < -0.4 is 4.74 Å². The Kier molecular flexibility index (Phi) is 4.31. The Balaban J connectivity index is 1.81. The Morgan fingerprint density at radius 1 is 1.04 bits per heavy atom. The van der Waals surface area contributed by atoms with Crippen molar-refractivity contribution in [3.8, 4) is 5.75 Å². The lowest BCUT2D eigenvalue weighted by molar-refractivity contribution is -0.105. The largest absolute Gasteiger partial charge is 0.466 e. The topological polar surface area (TPSA) is 21.7 Å². The second-order valence-electron chi connectivity index (χ2n) is 6.52. The van der Waals surface area contributed by atoms with Crippen LogP contribution >= 0.6 is 23.2 Å². The maximum atomic E-state index is 6.64. The van der Waals surface area contributed by atoms with E-state index in [9.17, 15) is 0 Å². The molecule has 5 heteroatoms. The van der Waals surface area contributed by atoms with E-state index in [-0.39, 0.29) is 5.72 Å². The molecule has 1 saturated heterocycles. The van der Waals surface area contributed by atoms with Gasteiger partial charge in [-0.15, -0.1) is 0 Å². The minimum absolute atomic E-state index is 0.356. The van der Waals surface area contributed by atoms with Crippen molar-refractivity contribution in [2.24, 2.45) is 0 Å². The highest BCUT2D eigenvalue weighted by Gasteiger charge is 2.46. The summed E-state index contributed by atoms with van der Waals surface area (Å²) in [6.07, 6.45) is 7.98. The van der Waals surface area contributed by atoms with Gasteiger partial charge in [0.15, 0.2) is 5.72 Å². The molecule has 3 nitrogen and oxygen atoms in total. The first kappa shape index (κ1) is 15.8. The number of halogens is 2. The molecule has 0 spiro atoms. The summed E-state index contributed by atoms with van der Waals surface area (Å²) in [7, 11) is 0. The van der Waals surface area contributed by atoms with Crippen LogP contribution in [0.4, 0.5) is 0 Å². The molecule has 0 bridgehead atoms. The summed E-state index contributed by atoms with van der Waals surface area (Å²) in [5, 5.41) is 1.25. The summed E-state index contributed by atoms with van der Waals surface area (Å²) in [4.78, 5) is 2.45. The molecule has 1 aromatic rings. The highest BCUT2D eigenvalue weighted by molar-refractivity contribution is 6.36. The van der Waals surface area contributed by atoms with Crippen LogP contribution in [-0.4, -0.2) is 36.9 Å². The first-order chi connectivity index (χ1) is 11.2. The molecular formula is C18H21Cl2NO2. The maximum absolute atomic E-state index is 6.64. The molecule has 2 heterocycles. The average Bonchev–Trinajstić information content (AvgIpc) is 2.77. The molecule has 1 aromatic carbocycles. The summed E-state index contributed by atoms with van der Waals surface area (Å²) >= 11 is 12.6. The summed E-state index contributed by atoms with van der Waals surface area (Å²) in [5.41, 5.74) is 2.01. The first-order valence-electron chi connectivity index (χ1n) is 8.41. The smallest absolute Gasteiger partial charge is 0.186 e. The number of nitrogens with zero attached hydrogens (tertiary/aromatic N) is 1. The van der Waals surface area contributed by atoms with Crippen molar-refractivity contribution >= 4 is 29.3 Å². The Morgan fingerprint density at radius 2 is 1.87 bits per heavy atom. The van der Waals surface area contributed by atoms with Crippen molar-refractivity contribution in [3.63, 3.8) is 0 Å². The average molecular weight is 354 g/mol. The molecule has 0 amide bonds. The Hall–Kier alpha value is -0.740. The maximum Gasteiger partial charge on any atom is 0.186 e. The van der Waals surface area contributed by atoms with E-state index in [4.69, 9.17) is 32.7 Å². The van der Waals surface area contributed by atoms with E-state index in [1.165, 1.54) is 24.8 Å². The quantitative estimate of drug-likeness (QED) is 0.726. The van der Waals surface area contributed by atoms with Gasteiger partial charge in [0.2, 0.25) is 0 Å². The molecule has 1 unspecified atom stereocenters. The van der Waals surface area contributed by atoms with E-state index < -0.39 is 0 Å². The number of ether oxygens (including phenoxy) is 2.